The second kappa shape index (κ2) is 4.39. The molecular weight excluding hydrogens is 176 g/mol. The van der Waals surface area contributed by atoms with Crippen LogP contribution < -0.4 is 0 Å². The number of benzene rings is 1. The van der Waals surface area contributed by atoms with Gasteiger partial charge in [-0.25, -0.2) is 0 Å². The first kappa shape index (κ1) is 10.2. The second-order valence-electron chi connectivity index (χ2n) is 3.63. The standard InChI is InChI=1S/C12H14S/c1-4-12(2,3)10-13-11-8-6-5-7-9-11/h1,5-9H,10H2,2-3H3. The SMILES string of the molecule is C#CC(C)(C)CSc1ccccc1. The van der Waals surface area contributed by atoms with E-state index in [1.807, 2.05) is 30.0 Å². The molecule has 1 aromatic carbocycles. The van der Waals surface area contributed by atoms with Crippen LogP contribution in [0.15, 0.2) is 35.2 Å². The number of hydrogen-bond acceptors (Lipinski definition) is 1. The van der Waals surface area contributed by atoms with Crippen LogP contribution in [-0.4, -0.2) is 5.75 Å². The fourth-order valence-electron chi connectivity index (χ4n) is 0.822. The summed E-state index contributed by atoms with van der Waals surface area (Å²) in [6.07, 6.45) is 5.41. The molecule has 0 N–H and O–H groups in total. The Morgan fingerprint density at radius 3 is 2.46 bits per heavy atom. The summed E-state index contributed by atoms with van der Waals surface area (Å²) in [5, 5.41) is 0. The van der Waals surface area contributed by atoms with E-state index in [1.54, 1.807) is 0 Å². The molecule has 0 saturated carbocycles. The van der Waals surface area contributed by atoms with Crippen LogP contribution in [0.2, 0.25) is 0 Å². The third-order valence-electron chi connectivity index (χ3n) is 1.73. The molecule has 0 unspecified atom stereocenters. The topological polar surface area (TPSA) is 0 Å². The third kappa shape index (κ3) is 3.57. The van der Waals surface area contributed by atoms with Gasteiger partial charge in [-0.05, 0) is 26.0 Å². The maximum absolute atomic E-state index is 5.41. The Bertz CT molecular complexity index is 293. The molecule has 0 bridgehead atoms. The lowest BCUT2D eigenvalue weighted by atomic mass is 9.98. The number of thioether (sulfide) groups is 1. The van der Waals surface area contributed by atoms with Crippen LogP contribution in [0.4, 0.5) is 0 Å². The summed E-state index contributed by atoms with van der Waals surface area (Å²) in [4.78, 5) is 1.28. The van der Waals surface area contributed by atoms with Crippen molar-refractivity contribution in [2.75, 3.05) is 5.75 Å². The normalized spacial score (nSPS) is 10.8. The summed E-state index contributed by atoms with van der Waals surface area (Å²) in [6, 6.07) is 10.3. The molecule has 1 rings (SSSR count). The lowest BCUT2D eigenvalue weighted by Crippen LogP contribution is -2.10. The monoisotopic (exact) mass is 190 g/mol. The molecule has 68 valence electrons. The molecule has 13 heavy (non-hydrogen) atoms. The van der Waals surface area contributed by atoms with Crippen molar-refractivity contribution in [1.82, 2.24) is 0 Å². The Balaban J connectivity index is 2.50. The first-order valence-corrected chi connectivity index (χ1v) is 5.28. The van der Waals surface area contributed by atoms with Crippen LogP contribution in [0, 0.1) is 17.8 Å². The quantitative estimate of drug-likeness (QED) is 0.519. The molecule has 0 radical (unpaired) electrons. The van der Waals surface area contributed by atoms with Crippen molar-refractivity contribution in [1.29, 1.82) is 0 Å². The van der Waals surface area contributed by atoms with Crippen molar-refractivity contribution in [2.24, 2.45) is 5.41 Å². The largest absolute Gasteiger partial charge is 0.125 e. The van der Waals surface area contributed by atoms with Gasteiger partial charge in [0.1, 0.15) is 0 Å². The van der Waals surface area contributed by atoms with Crippen LogP contribution in [0.5, 0.6) is 0 Å². The fourth-order valence-corrected chi connectivity index (χ4v) is 1.78. The Kier molecular flexibility index (Phi) is 3.45. The van der Waals surface area contributed by atoms with E-state index in [0.29, 0.717) is 0 Å². The predicted octanol–water partition coefficient (Wildman–Crippen LogP) is 3.44. The van der Waals surface area contributed by atoms with Crippen molar-refractivity contribution >= 4 is 11.8 Å². The van der Waals surface area contributed by atoms with E-state index in [9.17, 15) is 0 Å². The van der Waals surface area contributed by atoms with Gasteiger partial charge in [0.25, 0.3) is 0 Å². The molecule has 1 aromatic rings. The van der Waals surface area contributed by atoms with Crippen molar-refractivity contribution < 1.29 is 0 Å². The molecular formula is C12H14S. The van der Waals surface area contributed by atoms with Gasteiger partial charge in [-0.3, -0.25) is 0 Å². The molecule has 0 aliphatic carbocycles. The summed E-state index contributed by atoms with van der Waals surface area (Å²) in [6.45, 7) is 4.17. The lowest BCUT2D eigenvalue weighted by molar-refractivity contribution is 0.584. The lowest BCUT2D eigenvalue weighted by Gasteiger charge is -2.16. The van der Waals surface area contributed by atoms with Gasteiger partial charge in [0.15, 0.2) is 0 Å². The third-order valence-corrected chi connectivity index (χ3v) is 3.21. The molecule has 0 atom stereocenters. The van der Waals surface area contributed by atoms with Crippen molar-refractivity contribution in [3.05, 3.63) is 30.3 Å². The highest BCUT2D eigenvalue weighted by atomic mass is 32.2. The number of terminal acetylenes is 1. The summed E-state index contributed by atoms with van der Waals surface area (Å²) < 4.78 is 0. The summed E-state index contributed by atoms with van der Waals surface area (Å²) in [5.74, 6) is 3.76. The van der Waals surface area contributed by atoms with E-state index in [-0.39, 0.29) is 5.41 Å². The average molecular weight is 190 g/mol. The van der Waals surface area contributed by atoms with Crippen molar-refractivity contribution in [2.45, 2.75) is 18.7 Å². The van der Waals surface area contributed by atoms with Gasteiger partial charge in [-0.2, -0.15) is 0 Å². The highest BCUT2D eigenvalue weighted by Crippen LogP contribution is 2.26. The molecule has 1 heteroatoms. The molecule has 0 fully saturated rings. The van der Waals surface area contributed by atoms with Gasteiger partial charge in [0, 0.05) is 16.1 Å². The Labute approximate surface area is 84.7 Å². The highest BCUT2D eigenvalue weighted by Gasteiger charge is 2.13. The van der Waals surface area contributed by atoms with Gasteiger partial charge in [0.05, 0.1) is 0 Å². The molecule has 0 aliphatic rings. The van der Waals surface area contributed by atoms with Crippen LogP contribution >= 0.6 is 11.8 Å². The highest BCUT2D eigenvalue weighted by molar-refractivity contribution is 7.99. The van der Waals surface area contributed by atoms with Gasteiger partial charge in [0.2, 0.25) is 0 Å². The zero-order valence-electron chi connectivity index (χ0n) is 8.08. The smallest absolute Gasteiger partial charge is 0.0349 e. The molecule has 0 heterocycles. The second-order valence-corrected chi connectivity index (χ2v) is 4.68. The molecule has 0 amide bonds. The Morgan fingerprint density at radius 1 is 1.31 bits per heavy atom. The van der Waals surface area contributed by atoms with E-state index < -0.39 is 0 Å². The minimum absolute atomic E-state index is 0.0134. The van der Waals surface area contributed by atoms with E-state index in [0.717, 1.165) is 5.75 Å². The molecule has 0 spiro atoms. The van der Waals surface area contributed by atoms with Crippen LogP contribution in [0.3, 0.4) is 0 Å². The molecule has 0 aliphatic heterocycles. The van der Waals surface area contributed by atoms with Crippen LogP contribution in [0.1, 0.15) is 13.8 Å². The molecule has 0 saturated heterocycles. The van der Waals surface area contributed by atoms with E-state index in [1.165, 1.54) is 4.90 Å². The number of hydrogen-bond donors (Lipinski definition) is 0. The number of rotatable bonds is 3. The summed E-state index contributed by atoms with van der Waals surface area (Å²) >= 11 is 1.81. The first-order chi connectivity index (χ1) is 6.14. The Morgan fingerprint density at radius 2 is 1.92 bits per heavy atom. The zero-order chi connectivity index (χ0) is 9.73. The van der Waals surface area contributed by atoms with Gasteiger partial charge >= 0.3 is 0 Å². The van der Waals surface area contributed by atoms with Gasteiger partial charge in [-0.1, -0.05) is 24.1 Å². The van der Waals surface area contributed by atoms with Crippen molar-refractivity contribution in [3.63, 3.8) is 0 Å². The van der Waals surface area contributed by atoms with Gasteiger partial charge < -0.3 is 0 Å². The fraction of sp³-hybridized carbons (Fsp3) is 0.333. The zero-order valence-corrected chi connectivity index (χ0v) is 8.90. The maximum atomic E-state index is 5.41. The molecule has 0 aromatic heterocycles. The van der Waals surface area contributed by atoms with E-state index >= 15 is 0 Å². The van der Waals surface area contributed by atoms with Gasteiger partial charge in [-0.15, -0.1) is 18.2 Å². The Hall–Kier alpha value is -0.870. The van der Waals surface area contributed by atoms with Crippen LogP contribution in [0.25, 0.3) is 0 Å². The predicted molar refractivity (Wildman–Crippen MR) is 59.8 cm³/mol. The minimum atomic E-state index is -0.0134. The maximum Gasteiger partial charge on any atom is 0.0349 e. The summed E-state index contributed by atoms with van der Waals surface area (Å²) in [7, 11) is 0. The van der Waals surface area contributed by atoms with E-state index in [2.05, 4.69) is 31.9 Å². The van der Waals surface area contributed by atoms with Crippen molar-refractivity contribution in [3.8, 4) is 12.3 Å². The minimum Gasteiger partial charge on any atom is -0.125 e. The van der Waals surface area contributed by atoms with Crippen LogP contribution in [-0.2, 0) is 0 Å². The first-order valence-electron chi connectivity index (χ1n) is 4.30. The average Bonchev–Trinajstić information content (AvgIpc) is 2.17. The summed E-state index contributed by atoms with van der Waals surface area (Å²) in [5.41, 5.74) is -0.0134. The van der Waals surface area contributed by atoms with E-state index in [4.69, 9.17) is 6.42 Å². The molecule has 0 nitrogen and oxygen atoms in total.